The monoisotopic (exact) mass is 348 g/mol. The molecule has 0 spiro atoms. The van der Waals surface area contributed by atoms with E-state index in [1.165, 1.54) is 11.4 Å². The second kappa shape index (κ2) is 5.78. The number of hydrogen-bond donors (Lipinski definition) is 1. The van der Waals surface area contributed by atoms with E-state index in [0.717, 1.165) is 0 Å². The Morgan fingerprint density at radius 2 is 2.16 bits per heavy atom. The van der Waals surface area contributed by atoms with Crippen LogP contribution in [0.5, 0.6) is 5.75 Å². The van der Waals surface area contributed by atoms with Gasteiger partial charge in [-0.1, -0.05) is 15.9 Å². The van der Waals surface area contributed by atoms with Crippen LogP contribution in [0.1, 0.15) is 6.92 Å². The van der Waals surface area contributed by atoms with Crippen LogP contribution >= 0.6 is 15.9 Å². The van der Waals surface area contributed by atoms with Crippen molar-refractivity contribution < 1.29 is 13.2 Å². The van der Waals surface area contributed by atoms with Gasteiger partial charge in [0.1, 0.15) is 5.75 Å². The summed E-state index contributed by atoms with van der Waals surface area (Å²) in [4.78, 5) is 0.257. The average Bonchev–Trinajstić information content (AvgIpc) is 2.38. The number of halogens is 1. The van der Waals surface area contributed by atoms with Crippen molar-refractivity contribution in [1.29, 1.82) is 0 Å². The fourth-order valence-electron chi connectivity index (χ4n) is 2.07. The topological polar surface area (TPSA) is 58.6 Å². The number of benzene rings is 1. The molecule has 1 heterocycles. The molecule has 1 unspecified atom stereocenters. The Kier molecular flexibility index (Phi) is 4.50. The third-order valence-corrected chi connectivity index (χ3v) is 5.35. The smallest absolute Gasteiger partial charge is 0.243 e. The van der Waals surface area contributed by atoms with Gasteiger partial charge in [-0.2, -0.15) is 4.31 Å². The third-order valence-electron chi connectivity index (χ3n) is 3.05. The summed E-state index contributed by atoms with van der Waals surface area (Å²) in [6.45, 7) is 3.62. The summed E-state index contributed by atoms with van der Waals surface area (Å²) in [6.07, 6.45) is 0. The fraction of sp³-hybridized carbons (Fsp3) is 0.500. The predicted octanol–water partition coefficient (Wildman–Crippen LogP) is 1.44. The molecule has 1 saturated heterocycles. The highest BCUT2D eigenvalue weighted by molar-refractivity contribution is 9.10. The van der Waals surface area contributed by atoms with Gasteiger partial charge in [-0.15, -0.1) is 0 Å². The number of nitrogens with zero attached hydrogens (tertiary/aromatic N) is 1. The summed E-state index contributed by atoms with van der Waals surface area (Å²) in [5, 5.41) is 3.23. The molecule has 0 bridgehead atoms. The van der Waals surface area contributed by atoms with Crippen LogP contribution in [0.3, 0.4) is 0 Å². The van der Waals surface area contributed by atoms with Gasteiger partial charge in [0.25, 0.3) is 0 Å². The minimum Gasteiger partial charge on any atom is -0.497 e. The normalized spacial score (nSPS) is 21.3. The quantitative estimate of drug-likeness (QED) is 0.897. The summed E-state index contributed by atoms with van der Waals surface area (Å²) in [7, 11) is -1.95. The van der Waals surface area contributed by atoms with E-state index >= 15 is 0 Å². The first-order valence-electron chi connectivity index (χ1n) is 6.01. The van der Waals surface area contributed by atoms with Crippen LogP contribution in [0, 0.1) is 0 Å². The van der Waals surface area contributed by atoms with Crippen molar-refractivity contribution in [2.24, 2.45) is 0 Å². The van der Waals surface area contributed by atoms with Gasteiger partial charge in [-0.25, -0.2) is 8.42 Å². The van der Waals surface area contributed by atoms with E-state index in [1.807, 2.05) is 6.92 Å². The van der Waals surface area contributed by atoms with Crippen molar-refractivity contribution in [3.63, 3.8) is 0 Å². The Hall–Kier alpha value is -0.630. The molecule has 1 fully saturated rings. The lowest BCUT2D eigenvalue weighted by Gasteiger charge is -2.31. The zero-order chi connectivity index (χ0) is 14.0. The molecule has 7 heteroatoms. The molecular formula is C12H17BrN2O3S. The van der Waals surface area contributed by atoms with E-state index in [0.29, 0.717) is 29.9 Å². The second-order valence-electron chi connectivity index (χ2n) is 4.54. The number of methoxy groups -OCH3 is 1. The average molecular weight is 349 g/mol. The molecule has 5 nitrogen and oxygen atoms in total. The summed E-state index contributed by atoms with van der Waals surface area (Å²) >= 11 is 3.31. The Morgan fingerprint density at radius 3 is 2.79 bits per heavy atom. The lowest BCUT2D eigenvalue weighted by Crippen LogP contribution is -2.51. The molecule has 0 aromatic heterocycles. The van der Waals surface area contributed by atoms with Gasteiger partial charge in [0, 0.05) is 36.2 Å². The molecule has 0 radical (unpaired) electrons. The van der Waals surface area contributed by atoms with Gasteiger partial charge < -0.3 is 10.1 Å². The molecule has 1 aromatic rings. The predicted molar refractivity (Wildman–Crippen MR) is 76.9 cm³/mol. The maximum Gasteiger partial charge on any atom is 0.243 e. The maximum absolute atomic E-state index is 12.6. The van der Waals surface area contributed by atoms with E-state index in [9.17, 15) is 8.42 Å². The molecule has 1 aromatic carbocycles. The molecular weight excluding hydrogens is 332 g/mol. The first-order valence-corrected chi connectivity index (χ1v) is 8.25. The number of rotatable bonds is 3. The zero-order valence-corrected chi connectivity index (χ0v) is 13.3. The highest BCUT2D eigenvalue weighted by Crippen LogP contribution is 2.26. The first-order chi connectivity index (χ1) is 8.93. The largest absolute Gasteiger partial charge is 0.497 e. The van der Waals surface area contributed by atoms with Crippen LogP contribution in [-0.4, -0.2) is 45.5 Å². The van der Waals surface area contributed by atoms with Crippen LogP contribution in [0.15, 0.2) is 27.6 Å². The van der Waals surface area contributed by atoms with Gasteiger partial charge in [-0.05, 0) is 19.1 Å². The van der Waals surface area contributed by atoms with E-state index in [1.54, 1.807) is 18.2 Å². The molecule has 1 N–H and O–H groups in total. The lowest BCUT2D eigenvalue weighted by molar-refractivity contribution is 0.310. The Labute approximate surface area is 122 Å². The number of piperazine rings is 1. The van der Waals surface area contributed by atoms with Crippen LogP contribution in [-0.2, 0) is 10.0 Å². The van der Waals surface area contributed by atoms with Crippen molar-refractivity contribution in [2.45, 2.75) is 17.9 Å². The van der Waals surface area contributed by atoms with Crippen molar-refractivity contribution in [3.8, 4) is 5.75 Å². The van der Waals surface area contributed by atoms with Gasteiger partial charge >= 0.3 is 0 Å². The van der Waals surface area contributed by atoms with Gasteiger partial charge in [-0.3, -0.25) is 0 Å². The Balaban J connectivity index is 2.36. The second-order valence-corrected chi connectivity index (χ2v) is 7.40. The summed E-state index contributed by atoms with van der Waals surface area (Å²) in [5.41, 5.74) is 0. The minimum atomic E-state index is -3.47. The molecule has 0 saturated carbocycles. The van der Waals surface area contributed by atoms with Crippen LogP contribution in [0.25, 0.3) is 0 Å². The SMILES string of the molecule is COc1cc(Br)cc(S(=O)(=O)N2CCNC(C)C2)c1. The minimum absolute atomic E-state index is 0.164. The van der Waals surface area contributed by atoms with Gasteiger partial charge in [0.05, 0.1) is 12.0 Å². The van der Waals surface area contributed by atoms with Crippen molar-refractivity contribution in [2.75, 3.05) is 26.7 Å². The standard InChI is InChI=1S/C12H17BrN2O3S/c1-9-8-15(4-3-14-9)19(16,17)12-6-10(13)5-11(7-12)18-2/h5-7,9,14H,3-4,8H2,1-2H3. The van der Waals surface area contributed by atoms with Crippen LogP contribution in [0.2, 0.25) is 0 Å². The number of ether oxygens (including phenoxy) is 1. The Bertz CT molecular complexity index is 562. The Morgan fingerprint density at radius 1 is 1.42 bits per heavy atom. The molecule has 0 aliphatic carbocycles. The maximum atomic E-state index is 12.6. The van der Waals surface area contributed by atoms with E-state index in [-0.39, 0.29) is 10.9 Å². The van der Waals surface area contributed by atoms with Crippen molar-refractivity contribution in [3.05, 3.63) is 22.7 Å². The molecule has 0 amide bonds. The highest BCUT2D eigenvalue weighted by atomic mass is 79.9. The number of nitrogens with one attached hydrogen (secondary N) is 1. The summed E-state index contributed by atoms with van der Waals surface area (Å²) in [5.74, 6) is 0.524. The molecule has 1 atom stereocenters. The molecule has 1 aliphatic rings. The summed E-state index contributed by atoms with van der Waals surface area (Å²) in [6, 6.07) is 5.05. The fourth-order valence-corrected chi connectivity index (χ4v) is 4.28. The molecule has 2 rings (SSSR count). The third kappa shape index (κ3) is 3.28. The molecule has 106 valence electrons. The number of hydrogen-bond acceptors (Lipinski definition) is 4. The van der Waals surface area contributed by atoms with Gasteiger partial charge in [0.15, 0.2) is 0 Å². The highest BCUT2D eigenvalue weighted by Gasteiger charge is 2.28. The first kappa shape index (κ1) is 14.8. The van der Waals surface area contributed by atoms with Crippen LogP contribution < -0.4 is 10.1 Å². The molecule has 19 heavy (non-hydrogen) atoms. The summed E-state index contributed by atoms with van der Waals surface area (Å²) < 4.78 is 32.5. The van der Waals surface area contributed by atoms with Crippen molar-refractivity contribution in [1.82, 2.24) is 9.62 Å². The zero-order valence-electron chi connectivity index (χ0n) is 10.9. The molecule has 1 aliphatic heterocycles. The van der Waals surface area contributed by atoms with Gasteiger partial charge in [0.2, 0.25) is 10.0 Å². The van der Waals surface area contributed by atoms with E-state index < -0.39 is 10.0 Å². The lowest BCUT2D eigenvalue weighted by atomic mass is 10.3. The van der Waals surface area contributed by atoms with Crippen LogP contribution in [0.4, 0.5) is 0 Å². The van der Waals surface area contributed by atoms with E-state index in [2.05, 4.69) is 21.2 Å². The van der Waals surface area contributed by atoms with Crippen molar-refractivity contribution >= 4 is 26.0 Å². The van der Waals surface area contributed by atoms with E-state index in [4.69, 9.17) is 4.74 Å². The number of sulfonamides is 1.